The molecular formula is C20H24N4O2. The fourth-order valence-corrected chi connectivity index (χ4v) is 4.07. The van der Waals surface area contributed by atoms with Gasteiger partial charge in [0.15, 0.2) is 0 Å². The van der Waals surface area contributed by atoms with Crippen molar-refractivity contribution in [3.63, 3.8) is 0 Å². The van der Waals surface area contributed by atoms with E-state index in [-0.39, 0.29) is 23.1 Å². The largest absolute Gasteiger partial charge is 0.363 e. The van der Waals surface area contributed by atoms with Gasteiger partial charge >= 0.3 is 0 Å². The van der Waals surface area contributed by atoms with Crippen molar-refractivity contribution < 1.29 is 4.79 Å². The Morgan fingerprint density at radius 1 is 1.27 bits per heavy atom. The zero-order valence-corrected chi connectivity index (χ0v) is 15.3. The zero-order chi connectivity index (χ0) is 18.3. The van der Waals surface area contributed by atoms with E-state index in [0.717, 1.165) is 54.7 Å². The molecule has 1 aliphatic carbocycles. The summed E-state index contributed by atoms with van der Waals surface area (Å²) in [4.78, 5) is 36.7. The number of hydrogen-bond acceptors (Lipinski definition) is 4. The molecule has 1 N–H and O–H groups in total. The molecule has 1 amide bonds. The van der Waals surface area contributed by atoms with E-state index in [1.807, 2.05) is 42.1 Å². The summed E-state index contributed by atoms with van der Waals surface area (Å²) < 4.78 is 0. The summed E-state index contributed by atoms with van der Waals surface area (Å²) in [5.41, 5.74) is 3.20. The van der Waals surface area contributed by atoms with Crippen LogP contribution in [-0.4, -0.2) is 41.4 Å². The lowest BCUT2D eigenvalue weighted by molar-refractivity contribution is 0.0733. The Bertz CT molecular complexity index is 903. The van der Waals surface area contributed by atoms with Gasteiger partial charge in [-0.25, -0.2) is 4.98 Å². The lowest BCUT2D eigenvalue weighted by atomic mass is 10.0. The normalized spacial score (nSPS) is 18.8. The van der Waals surface area contributed by atoms with Gasteiger partial charge in [-0.05, 0) is 61.4 Å². The van der Waals surface area contributed by atoms with Gasteiger partial charge in [0, 0.05) is 32.5 Å². The quantitative estimate of drug-likeness (QED) is 0.920. The van der Waals surface area contributed by atoms with Crippen molar-refractivity contribution in [2.24, 2.45) is 0 Å². The minimum Gasteiger partial charge on any atom is -0.363 e. The van der Waals surface area contributed by atoms with Crippen LogP contribution in [0.3, 0.4) is 0 Å². The summed E-state index contributed by atoms with van der Waals surface area (Å²) in [6.45, 7) is 0.680. The third-order valence-corrected chi connectivity index (χ3v) is 5.44. The topological polar surface area (TPSA) is 69.3 Å². The maximum absolute atomic E-state index is 13.2. The van der Waals surface area contributed by atoms with Crippen LogP contribution in [0.15, 0.2) is 29.2 Å². The van der Waals surface area contributed by atoms with Gasteiger partial charge in [-0.1, -0.05) is 0 Å². The van der Waals surface area contributed by atoms with Crippen molar-refractivity contribution in [3.8, 4) is 0 Å². The Labute approximate surface area is 152 Å². The predicted molar refractivity (Wildman–Crippen MR) is 101 cm³/mol. The molecule has 6 heteroatoms. The van der Waals surface area contributed by atoms with Crippen LogP contribution in [-0.2, 0) is 12.8 Å². The van der Waals surface area contributed by atoms with Gasteiger partial charge in [0.05, 0.1) is 6.04 Å². The minimum atomic E-state index is -0.259. The minimum absolute atomic E-state index is 0.00291. The average Bonchev–Trinajstić information content (AvgIpc) is 3.29. The standard InChI is InChI=1S/C20H24N4O2/c1-23(2)18-12-14(8-9-21-18)17-7-4-10-24(17)20(26)15-11-13-5-3-6-16(13)22-19(15)25/h8-9,11-12,17H,3-7,10H2,1-2H3,(H,22,25)/t17-/m0/s1. The average molecular weight is 352 g/mol. The van der Waals surface area contributed by atoms with Gasteiger partial charge in [0.1, 0.15) is 11.4 Å². The van der Waals surface area contributed by atoms with Crippen molar-refractivity contribution in [2.75, 3.05) is 25.5 Å². The Balaban J connectivity index is 1.66. The molecule has 136 valence electrons. The van der Waals surface area contributed by atoms with Gasteiger partial charge in [-0.3, -0.25) is 9.59 Å². The first-order chi connectivity index (χ1) is 12.5. The highest BCUT2D eigenvalue weighted by atomic mass is 16.2. The van der Waals surface area contributed by atoms with E-state index in [1.54, 1.807) is 6.20 Å². The number of amides is 1. The van der Waals surface area contributed by atoms with Crippen LogP contribution in [0.25, 0.3) is 0 Å². The van der Waals surface area contributed by atoms with E-state index < -0.39 is 0 Å². The van der Waals surface area contributed by atoms with Gasteiger partial charge in [-0.2, -0.15) is 0 Å². The number of H-pyrrole nitrogens is 1. The molecule has 1 saturated heterocycles. The SMILES string of the molecule is CN(C)c1cc([C@@H]2CCCN2C(=O)c2cc3c([nH]c2=O)CCC3)ccn1. The molecule has 2 aliphatic rings. The molecule has 4 rings (SSSR count). The molecule has 3 heterocycles. The number of pyridine rings is 2. The molecule has 0 unspecified atom stereocenters. The smallest absolute Gasteiger partial charge is 0.261 e. The molecule has 0 radical (unpaired) electrons. The number of fused-ring (bicyclic) bond motifs is 1. The highest BCUT2D eigenvalue weighted by molar-refractivity contribution is 5.94. The molecule has 1 atom stereocenters. The molecule has 1 fully saturated rings. The Kier molecular flexibility index (Phi) is 4.26. The number of carbonyl (C=O) groups excluding carboxylic acids is 1. The zero-order valence-electron chi connectivity index (χ0n) is 15.3. The lowest BCUT2D eigenvalue weighted by Gasteiger charge is -2.26. The van der Waals surface area contributed by atoms with Crippen LogP contribution < -0.4 is 10.5 Å². The van der Waals surface area contributed by atoms with Crippen LogP contribution >= 0.6 is 0 Å². The monoisotopic (exact) mass is 352 g/mol. The Hall–Kier alpha value is -2.63. The lowest BCUT2D eigenvalue weighted by Crippen LogP contribution is -2.35. The van der Waals surface area contributed by atoms with Crippen molar-refractivity contribution in [2.45, 2.75) is 38.1 Å². The second-order valence-electron chi connectivity index (χ2n) is 7.37. The summed E-state index contributed by atoms with van der Waals surface area (Å²) in [6.07, 6.45) is 6.51. The fraction of sp³-hybridized carbons (Fsp3) is 0.450. The van der Waals surface area contributed by atoms with E-state index in [9.17, 15) is 9.59 Å². The maximum atomic E-state index is 13.2. The molecule has 0 spiro atoms. The van der Waals surface area contributed by atoms with Crippen LogP contribution in [0.2, 0.25) is 0 Å². The van der Waals surface area contributed by atoms with Crippen LogP contribution in [0.4, 0.5) is 5.82 Å². The number of nitrogens with one attached hydrogen (secondary N) is 1. The molecule has 0 saturated carbocycles. The Morgan fingerprint density at radius 3 is 2.92 bits per heavy atom. The maximum Gasteiger partial charge on any atom is 0.261 e. The number of rotatable bonds is 3. The number of aromatic nitrogens is 2. The molecular weight excluding hydrogens is 328 g/mol. The van der Waals surface area contributed by atoms with Gasteiger partial charge in [0.25, 0.3) is 11.5 Å². The summed E-state index contributed by atoms with van der Waals surface area (Å²) in [5, 5.41) is 0. The van der Waals surface area contributed by atoms with Gasteiger partial charge in [0.2, 0.25) is 0 Å². The molecule has 0 aromatic carbocycles. The third kappa shape index (κ3) is 2.89. The number of likely N-dealkylation sites (tertiary alicyclic amines) is 1. The number of hydrogen-bond donors (Lipinski definition) is 1. The number of anilines is 1. The van der Waals surface area contributed by atoms with E-state index in [4.69, 9.17) is 0 Å². The second-order valence-corrected chi connectivity index (χ2v) is 7.37. The van der Waals surface area contributed by atoms with Gasteiger partial charge < -0.3 is 14.8 Å². The summed E-state index contributed by atoms with van der Waals surface area (Å²) in [7, 11) is 3.90. The molecule has 6 nitrogen and oxygen atoms in total. The van der Waals surface area contributed by atoms with Crippen LogP contribution in [0.1, 0.15) is 52.5 Å². The summed E-state index contributed by atoms with van der Waals surface area (Å²) in [6, 6.07) is 5.81. The first-order valence-electron chi connectivity index (χ1n) is 9.24. The molecule has 2 aromatic rings. The highest BCUT2D eigenvalue weighted by Gasteiger charge is 2.32. The number of aromatic amines is 1. The second kappa shape index (κ2) is 6.59. The fourth-order valence-electron chi connectivity index (χ4n) is 4.07. The van der Waals surface area contributed by atoms with Crippen molar-refractivity contribution >= 4 is 11.7 Å². The van der Waals surface area contributed by atoms with Crippen molar-refractivity contribution in [3.05, 3.63) is 57.1 Å². The highest BCUT2D eigenvalue weighted by Crippen LogP contribution is 2.34. The molecule has 0 bridgehead atoms. The van der Waals surface area contributed by atoms with Crippen molar-refractivity contribution in [1.82, 2.24) is 14.9 Å². The van der Waals surface area contributed by atoms with E-state index in [1.165, 1.54) is 0 Å². The van der Waals surface area contributed by atoms with Crippen LogP contribution in [0.5, 0.6) is 0 Å². The predicted octanol–water partition coefficient (Wildman–Crippen LogP) is 2.30. The molecule has 1 aliphatic heterocycles. The van der Waals surface area contributed by atoms with Crippen LogP contribution in [0, 0.1) is 0 Å². The summed E-state index contributed by atoms with van der Waals surface area (Å²) in [5.74, 6) is 0.712. The van der Waals surface area contributed by atoms with E-state index in [2.05, 4.69) is 9.97 Å². The molecule has 26 heavy (non-hydrogen) atoms. The number of aryl methyl sites for hydroxylation is 2. The summed E-state index contributed by atoms with van der Waals surface area (Å²) >= 11 is 0. The van der Waals surface area contributed by atoms with Crippen molar-refractivity contribution in [1.29, 1.82) is 0 Å². The van der Waals surface area contributed by atoms with Gasteiger partial charge in [-0.15, -0.1) is 0 Å². The number of nitrogens with zero attached hydrogens (tertiary/aromatic N) is 3. The van der Waals surface area contributed by atoms with E-state index in [0.29, 0.717) is 6.54 Å². The molecule has 2 aromatic heterocycles. The third-order valence-electron chi connectivity index (χ3n) is 5.44. The van der Waals surface area contributed by atoms with E-state index >= 15 is 0 Å². The first-order valence-corrected chi connectivity index (χ1v) is 9.24. The Morgan fingerprint density at radius 2 is 2.12 bits per heavy atom. The number of carbonyl (C=O) groups is 1. The first kappa shape index (κ1) is 16.8.